The van der Waals surface area contributed by atoms with Crippen LogP contribution < -0.4 is 4.74 Å². The third kappa shape index (κ3) is 1.59. The van der Waals surface area contributed by atoms with Crippen molar-refractivity contribution in [2.75, 3.05) is 13.2 Å². The molecule has 0 aliphatic carbocycles. The average molecular weight is 281 g/mol. The molecule has 3 heteroatoms. The van der Waals surface area contributed by atoms with Gasteiger partial charge in [-0.15, -0.1) is 0 Å². The number of fused-ring (bicyclic) bond motifs is 2. The highest BCUT2D eigenvalue weighted by molar-refractivity contribution is 9.10. The number of halogens is 1. The Balaban J connectivity index is 2.03. The second-order valence-electron chi connectivity index (χ2n) is 4.29. The van der Waals surface area contributed by atoms with Crippen LogP contribution in [0.1, 0.15) is 12.0 Å². The van der Waals surface area contributed by atoms with Gasteiger partial charge in [0.15, 0.2) is 0 Å². The minimum absolute atomic E-state index is 0.245. The minimum atomic E-state index is 0.245. The lowest BCUT2D eigenvalue weighted by Gasteiger charge is -2.38. The normalized spacial score (nSPS) is 27.9. The van der Waals surface area contributed by atoms with Gasteiger partial charge in [-0.05, 0) is 23.8 Å². The Bertz CT molecular complexity index is 442. The zero-order valence-corrected chi connectivity index (χ0v) is 10.5. The summed E-state index contributed by atoms with van der Waals surface area (Å²) < 4.78 is 12.6. The summed E-state index contributed by atoms with van der Waals surface area (Å²) in [7, 11) is 0. The molecule has 0 radical (unpaired) electrons. The van der Waals surface area contributed by atoms with Gasteiger partial charge < -0.3 is 9.47 Å². The fourth-order valence-corrected chi connectivity index (χ4v) is 2.76. The molecule has 2 atom stereocenters. The van der Waals surface area contributed by atoms with Gasteiger partial charge >= 0.3 is 0 Å². The Hall–Kier alpha value is -0.800. The maximum Gasteiger partial charge on any atom is 0.127 e. The molecule has 3 rings (SSSR count). The summed E-state index contributed by atoms with van der Waals surface area (Å²) in [6.45, 7) is 5.72. The van der Waals surface area contributed by atoms with Crippen LogP contribution in [0.15, 0.2) is 29.3 Å². The summed E-state index contributed by atoms with van der Waals surface area (Å²) in [5, 5.41) is 0. The molecule has 0 saturated carbocycles. The van der Waals surface area contributed by atoms with Gasteiger partial charge in [-0.3, -0.25) is 0 Å². The molecular weight excluding hydrogens is 268 g/mol. The van der Waals surface area contributed by atoms with Crippen molar-refractivity contribution in [2.24, 2.45) is 5.92 Å². The van der Waals surface area contributed by atoms with Crippen molar-refractivity contribution in [1.29, 1.82) is 0 Å². The third-order valence-electron chi connectivity index (χ3n) is 3.31. The Morgan fingerprint density at radius 1 is 1.38 bits per heavy atom. The molecule has 84 valence electrons. The van der Waals surface area contributed by atoms with Gasteiger partial charge in [0.25, 0.3) is 0 Å². The van der Waals surface area contributed by atoms with Gasteiger partial charge in [-0.2, -0.15) is 0 Å². The highest BCUT2D eigenvalue weighted by Crippen LogP contribution is 2.41. The predicted octanol–water partition coefficient (Wildman–Crippen LogP) is 3.26. The molecule has 0 aromatic heterocycles. The smallest absolute Gasteiger partial charge is 0.127 e. The second-order valence-corrected chi connectivity index (χ2v) is 5.21. The van der Waals surface area contributed by atoms with Crippen LogP contribution in [0.4, 0.5) is 0 Å². The van der Waals surface area contributed by atoms with Crippen LogP contribution in [0.25, 0.3) is 5.57 Å². The van der Waals surface area contributed by atoms with Crippen molar-refractivity contribution >= 4 is 21.5 Å². The first kappa shape index (κ1) is 10.4. The van der Waals surface area contributed by atoms with Crippen molar-refractivity contribution in [2.45, 2.75) is 12.5 Å². The van der Waals surface area contributed by atoms with Crippen molar-refractivity contribution in [3.63, 3.8) is 0 Å². The van der Waals surface area contributed by atoms with E-state index in [4.69, 9.17) is 9.47 Å². The van der Waals surface area contributed by atoms with Crippen LogP contribution in [0, 0.1) is 5.92 Å². The number of benzene rings is 1. The quantitative estimate of drug-likeness (QED) is 0.726. The second kappa shape index (κ2) is 3.90. The van der Waals surface area contributed by atoms with E-state index in [0.717, 1.165) is 41.0 Å². The van der Waals surface area contributed by atoms with E-state index < -0.39 is 0 Å². The lowest BCUT2D eigenvalue weighted by atomic mass is 9.84. The molecule has 1 aromatic rings. The van der Waals surface area contributed by atoms with E-state index in [-0.39, 0.29) is 6.10 Å². The highest BCUT2D eigenvalue weighted by Gasteiger charge is 2.35. The van der Waals surface area contributed by atoms with Crippen molar-refractivity contribution < 1.29 is 9.47 Å². The van der Waals surface area contributed by atoms with E-state index in [0.29, 0.717) is 5.92 Å². The van der Waals surface area contributed by atoms with Gasteiger partial charge in [0.2, 0.25) is 0 Å². The maximum atomic E-state index is 6.00. The van der Waals surface area contributed by atoms with Gasteiger partial charge in [-0.1, -0.05) is 22.5 Å². The van der Waals surface area contributed by atoms with Crippen LogP contribution in [-0.2, 0) is 4.74 Å². The SMILES string of the molecule is C=C1c2cc(Br)ccc2OC2CCOCC12. The molecule has 2 nitrogen and oxygen atoms in total. The van der Waals surface area contributed by atoms with Crippen molar-refractivity contribution in [3.05, 3.63) is 34.8 Å². The molecule has 1 aromatic carbocycles. The predicted molar refractivity (Wildman–Crippen MR) is 66.5 cm³/mol. The number of hydrogen-bond acceptors (Lipinski definition) is 2. The van der Waals surface area contributed by atoms with Crippen LogP contribution in [0.5, 0.6) is 5.75 Å². The number of hydrogen-bond donors (Lipinski definition) is 0. The van der Waals surface area contributed by atoms with E-state index in [1.165, 1.54) is 0 Å². The highest BCUT2D eigenvalue weighted by atomic mass is 79.9. The van der Waals surface area contributed by atoms with Crippen LogP contribution in [0.3, 0.4) is 0 Å². The van der Waals surface area contributed by atoms with Gasteiger partial charge in [0.05, 0.1) is 13.2 Å². The lowest BCUT2D eigenvalue weighted by Crippen LogP contribution is -2.39. The van der Waals surface area contributed by atoms with Gasteiger partial charge in [0.1, 0.15) is 11.9 Å². The molecule has 2 aliphatic heterocycles. The molecule has 16 heavy (non-hydrogen) atoms. The average Bonchev–Trinajstić information content (AvgIpc) is 2.31. The summed E-state index contributed by atoms with van der Waals surface area (Å²) in [4.78, 5) is 0. The summed E-state index contributed by atoms with van der Waals surface area (Å²) in [5.41, 5.74) is 2.26. The molecule has 0 bridgehead atoms. The first-order valence-corrected chi connectivity index (χ1v) is 6.28. The molecule has 0 N–H and O–H groups in total. The summed E-state index contributed by atoms with van der Waals surface area (Å²) in [6, 6.07) is 6.09. The van der Waals surface area contributed by atoms with E-state index in [2.05, 4.69) is 28.6 Å². The van der Waals surface area contributed by atoms with Crippen LogP contribution >= 0.6 is 15.9 Å². The largest absolute Gasteiger partial charge is 0.489 e. The van der Waals surface area contributed by atoms with E-state index in [1.807, 2.05) is 12.1 Å². The topological polar surface area (TPSA) is 18.5 Å². The zero-order chi connectivity index (χ0) is 11.1. The molecule has 2 heterocycles. The third-order valence-corrected chi connectivity index (χ3v) is 3.80. The zero-order valence-electron chi connectivity index (χ0n) is 8.91. The van der Waals surface area contributed by atoms with Crippen LogP contribution in [0.2, 0.25) is 0 Å². The monoisotopic (exact) mass is 280 g/mol. The van der Waals surface area contributed by atoms with Crippen LogP contribution in [-0.4, -0.2) is 19.3 Å². The van der Waals surface area contributed by atoms with E-state index >= 15 is 0 Å². The Morgan fingerprint density at radius 2 is 2.25 bits per heavy atom. The first-order valence-electron chi connectivity index (χ1n) is 5.49. The lowest BCUT2D eigenvalue weighted by molar-refractivity contribution is -0.00681. The van der Waals surface area contributed by atoms with E-state index in [9.17, 15) is 0 Å². The Labute approximate surface area is 103 Å². The number of ether oxygens (including phenoxy) is 2. The molecule has 2 aliphatic rings. The van der Waals surface area contributed by atoms with E-state index in [1.54, 1.807) is 0 Å². The van der Waals surface area contributed by atoms with Crippen molar-refractivity contribution in [3.8, 4) is 5.75 Å². The Morgan fingerprint density at radius 3 is 3.12 bits per heavy atom. The minimum Gasteiger partial charge on any atom is -0.489 e. The van der Waals surface area contributed by atoms with Gasteiger partial charge in [0, 0.05) is 22.4 Å². The number of rotatable bonds is 0. The Kier molecular flexibility index (Phi) is 2.52. The molecule has 2 unspecified atom stereocenters. The van der Waals surface area contributed by atoms with Gasteiger partial charge in [-0.25, -0.2) is 0 Å². The summed E-state index contributed by atoms with van der Waals surface area (Å²) in [5.74, 6) is 1.27. The fraction of sp³-hybridized carbons (Fsp3) is 0.385. The molecular formula is C13H13BrO2. The maximum absolute atomic E-state index is 6.00. The first-order chi connectivity index (χ1) is 7.75. The molecule has 1 saturated heterocycles. The molecule has 0 spiro atoms. The molecule has 0 amide bonds. The summed E-state index contributed by atoms with van der Waals surface area (Å²) >= 11 is 3.48. The summed E-state index contributed by atoms with van der Waals surface area (Å²) in [6.07, 6.45) is 1.20. The fourth-order valence-electron chi connectivity index (χ4n) is 2.40. The standard InChI is InChI=1S/C13H13BrO2/c1-8-10-6-9(14)2-3-12(10)16-13-4-5-15-7-11(8)13/h2-3,6,11,13H,1,4-5,7H2. The van der Waals surface area contributed by atoms with Crippen molar-refractivity contribution in [1.82, 2.24) is 0 Å². The molecule has 1 fully saturated rings.